The molecule has 0 amide bonds. The molecule has 2 aliphatic heterocycles. The Morgan fingerprint density at radius 1 is 0.838 bits per heavy atom. The smallest absolute Gasteiger partial charge is 0.186 e. The first-order valence-electron chi connectivity index (χ1n) is 14.7. The molecule has 0 aliphatic carbocycles. The third kappa shape index (κ3) is 5.07. The van der Waals surface area contributed by atoms with Crippen molar-refractivity contribution >= 4 is 34.9 Å². The van der Waals surface area contributed by atoms with Crippen molar-refractivity contribution in [3.63, 3.8) is 0 Å². The van der Waals surface area contributed by atoms with Crippen molar-refractivity contribution in [1.82, 2.24) is 0 Å². The summed E-state index contributed by atoms with van der Waals surface area (Å²) in [6.07, 6.45) is 7.62. The van der Waals surface area contributed by atoms with Crippen molar-refractivity contribution in [3.05, 3.63) is 77.9 Å². The van der Waals surface area contributed by atoms with Crippen molar-refractivity contribution in [3.8, 4) is 0 Å². The Kier molecular flexibility index (Phi) is 7.70. The minimum atomic E-state index is 0.474. The van der Waals surface area contributed by atoms with Crippen LogP contribution in [0.3, 0.4) is 0 Å². The van der Waals surface area contributed by atoms with E-state index < -0.39 is 0 Å². The van der Waals surface area contributed by atoms with Crippen LogP contribution in [0.15, 0.2) is 66.7 Å². The highest BCUT2D eigenvalue weighted by Crippen LogP contribution is 2.45. The summed E-state index contributed by atoms with van der Waals surface area (Å²) in [5.74, 6) is 1.38. The van der Waals surface area contributed by atoms with Crippen LogP contribution in [0.25, 0.3) is 0 Å². The molecule has 3 heteroatoms. The van der Waals surface area contributed by atoms with Gasteiger partial charge in [-0.25, -0.2) is 0 Å². The molecule has 3 unspecified atom stereocenters. The zero-order valence-corrected chi connectivity index (χ0v) is 23.9. The average molecular weight is 493 g/mol. The van der Waals surface area contributed by atoms with E-state index in [1.54, 1.807) is 5.46 Å². The van der Waals surface area contributed by atoms with Crippen LogP contribution >= 0.6 is 0 Å². The van der Waals surface area contributed by atoms with Crippen LogP contribution in [0.2, 0.25) is 12.1 Å². The lowest BCUT2D eigenvalue weighted by molar-refractivity contribution is 0.445. The van der Waals surface area contributed by atoms with E-state index in [1.165, 1.54) is 72.3 Å². The molecule has 4 atom stereocenters. The van der Waals surface area contributed by atoms with Crippen molar-refractivity contribution in [1.29, 1.82) is 0 Å². The van der Waals surface area contributed by atoms with E-state index in [-0.39, 0.29) is 0 Å². The lowest BCUT2D eigenvalue weighted by atomic mass is 9.31. The molecule has 3 aromatic rings. The largest absolute Gasteiger partial charge is 0.339 e. The maximum absolute atomic E-state index is 2.72. The highest BCUT2D eigenvalue weighted by atomic mass is 15.2. The van der Waals surface area contributed by atoms with Gasteiger partial charge in [0.25, 0.3) is 0 Å². The standard InChI is InChI=1S/C34H45BN2/c1-7-24(2)17-22-31-28(6)35-23-9-10-27(5)36(29-18-13-25(3)14-19-29)32-11-8-12-33(34(32)35)37(31)30-20-15-26(4)16-21-30/h8,11-16,18-21,24,27-28,31H,7,9-10,17,22-23H2,1-6H3/t24?,27?,28?,31-/m1/s1. The molecule has 0 saturated carbocycles. The molecule has 0 fully saturated rings. The lowest BCUT2D eigenvalue weighted by Gasteiger charge is -2.49. The number of hydrogen-bond donors (Lipinski definition) is 0. The van der Waals surface area contributed by atoms with E-state index in [9.17, 15) is 0 Å². The molecular formula is C34H45BN2. The quantitative estimate of drug-likeness (QED) is 0.317. The first-order valence-corrected chi connectivity index (χ1v) is 14.7. The van der Waals surface area contributed by atoms with Gasteiger partial charge >= 0.3 is 0 Å². The molecule has 3 aromatic carbocycles. The van der Waals surface area contributed by atoms with E-state index in [0.29, 0.717) is 24.6 Å². The number of rotatable bonds is 6. The van der Waals surface area contributed by atoms with Crippen molar-refractivity contribution in [2.75, 3.05) is 9.80 Å². The van der Waals surface area contributed by atoms with Crippen LogP contribution in [0.5, 0.6) is 0 Å². The SMILES string of the molecule is CCC(C)CC[C@@H]1C(C)B2CCCC(C)N(c3ccc(C)cc3)c3cccc(c32)N1c1ccc(C)cc1. The minimum Gasteiger partial charge on any atom is -0.339 e. The predicted molar refractivity (Wildman–Crippen MR) is 164 cm³/mol. The van der Waals surface area contributed by atoms with Gasteiger partial charge in [-0.2, -0.15) is 0 Å². The third-order valence-corrected chi connectivity index (χ3v) is 9.38. The molecule has 37 heavy (non-hydrogen) atoms. The molecule has 2 aliphatic rings. The molecular weight excluding hydrogens is 447 g/mol. The van der Waals surface area contributed by atoms with Crippen LogP contribution in [0.1, 0.15) is 70.9 Å². The second kappa shape index (κ2) is 11.0. The van der Waals surface area contributed by atoms with Crippen LogP contribution < -0.4 is 15.3 Å². The van der Waals surface area contributed by atoms with Crippen molar-refractivity contribution in [2.45, 2.75) is 97.9 Å². The van der Waals surface area contributed by atoms with Crippen LogP contribution in [-0.2, 0) is 0 Å². The van der Waals surface area contributed by atoms with Gasteiger partial charge in [0.15, 0.2) is 6.71 Å². The summed E-state index contributed by atoms with van der Waals surface area (Å²) in [5, 5.41) is 0. The zero-order chi connectivity index (χ0) is 26.1. The molecule has 0 spiro atoms. The maximum Gasteiger partial charge on any atom is 0.186 e. The van der Waals surface area contributed by atoms with Gasteiger partial charge in [-0.05, 0) is 93.6 Å². The Balaban J connectivity index is 1.68. The molecule has 0 bridgehead atoms. The van der Waals surface area contributed by atoms with Gasteiger partial charge in [-0.1, -0.05) is 81.4 Å². The number of benzene rings is 3. The van der Waals surface area contributed by atoms with E-state index >= 15 is 0 Å². The van der Waals surface area contributed by atoms with Crippen LogP contribution in [0.4, 0.5) is 22.7 Å². The summed E-state index contributed by atoms with van der Waals surface area (Å²) in [5.41, 5.74) is 9.73. The fraction of sp³-hybridized carbons (Fsp3) is 0.471. The van der Waals surface area contributed by atoms with E-state index in [0.717, 1.165) is 5.92 Å². The van der Waals surface area contributed by atoms with E-state index in [1.807, 2.05) is 0 Å². The number of nitrogens with zero attached hydrogens (tertiary/aromatic N) is 2. The Morgan fingerprint density at radius 2 is 1.41 bits per heavy atom. The Labute approximate surface area is 226 Å². The zero-order valence-electron chi connectivity index (χ0n) is 23.9. The van der Waals surface area contributed by atoms with Crippen LogP contribution in [-0.4, -0.2) is 18.8 Å². The fourth-order valence-electron chi connectivity index (χ4n) is 6.88. The Hall–Kier alpha value is -2.68. The fourth-order valence-corrected chi connectivity index (χ4v) is 6.88. The summed E-state index contributed by atoms with van der Waals surface area (Å²) in [6, 6.07) is 26.5. The summed E-state index contributed by atoms with van der Waals surface area (Å²) >= 11 is 0. The van der Waals surface area contributed by atoms with E-state index in [4.69, 9.17) is 0 Å². The summed E-state index contributed by atoms with van der Waals surface area (Å²) in [7, 11) is 0. The van der Waals surface area contributed by atoms with E-state index in [2.05, 4.69) is 118 Å². The van der Waals surface area contributed by atoms with Crippen molar-refractivity contribution < 1.29 is 0 Å². The highest BCUT2D eigenvalue weighted by molar-refractivity contribution is 6.78. The molecule has 0 N–H and O–H groups in total. The van der Waals surface area contributed by atoms with Gasteiger partial charge in [0.2, 0.25) is 0 Å². The topological polar surface area (TPSA) is 6.48 Å². The highest BCUT2D eigenvalue weighted by Gasteiger charge is 2.44. The summed E-state index contributed by atoms with van der Waals surface area (Å²) < 4.78 is 0. The van der Waals surface area contributed by atoms with Gasteiger partial charge in [-0.3, -0.25) is 0 Å². The average Bonchev–Trinajstić information content (AvgIpc) is 2.89. The number of anilines is 4. The predicted octanol–water partition coefficient (Wildman–Crippen LogP) is 9.06. The third-order valence-electron chi connectivity index (χ3n) is 9.38. The van der Waals surface area contributed by atoms with Gasteiger partial charge in [0, 0.05) is 34.8 Å². The molecule has 2 heterocycles. The summed E-state index contributed by atoms with van der Waals surface area (Å²) in [6.45, 7) is 14.7. The van der Waals surface area contributed by atoms with Gasteiger partial charge < -0.3 is 9.80 Å². The minimum absolute atomic E-state index is 0.474. The number of hydrogen-bond acceptors (Lipinski definition) is 2. The Morgan fingerprint density at radius 3 is 2.00 bits per heavy atom. The van der Waals surface area contributed by atoms with Gasteiger partial charge in [0.05, 0.1) is 0 Å². The maximum atomic E-state index is 2.72. The monoisotopic (exact) mass is 492 g/mol. The second-order valence-corrected chi connectivity index (χ2v) is 12.0. The lowest BCUT2D eigenvalue weighted by Crippen LogP contribution is -2.55. The van der Waals surface area contributed by atoms with Gasteiger partial charge in [0.1, 0.15) is 0 Å². The number of aryl methyl sites for hydroxylation is 2. The molecule has 194 valence electrons. The molecule has 0 radical (unpaired) electrons. The van der Waals surface area contributed by atoms with Crippen LogP contribution in [0, 0.1) is 19.8 Å². The summed E-state index contributed by atoms with van der Waals surface area (Å²) in [4.78, 5) is 5.37. The molecule has 2 nitrogen and oxygen atoms in total. The normalized spacial score (nSPS) is 22.3. The Bertz CT molecular complexity index is 1190. The molecule has 0 aromatic heterocycles. The second-order valence-electron chi connectivity index (χ2n) is 12.0. The first kappa shape index (κ1) is 26.0. The first-order chi connectivity index (χ1) is 17.9. The molecule has 5 rings (SSSR count). The van der Waals surface area contributed by atoms with Gasteiger partial charge in [-0.15, -0.1) is 0 Å². The molecule has 0 saturated heterocycles. The van der Waals surface area contributed by atoms with Crippen molar-refractivity contribution in [2.24, 2.45) is 5.92 Å².